The van der Waals surface area contributed by atoms with Crippen LogP contribution in [-0.2, 0) is 6.54 Å². The number of benzene rings is 1. The summed E-state index contributed by atoms with van der Waals surface area (Å²) in [6.45, 7) is 7.70. The van der Waals surface area contributed by atoms with Crippen molar-refractivity contribution in [3.63, 3.8) is 0 Å². The lowest BCUT2D eigenvalue weighted by atomic mass is 9.82. The van der Waals surface area contributed by atoms with Crippen LogP contribution in [-0.4, -0.2) is 18.0 Å². The Morgan fingerprint density at radius 3 is 2.59 bits per heavy atom. The van der Waals surface area contributed by atoms with Crippen molar-refractivity contribution in [2.75, 3.05) is 13.1 Å². The predicted molar refractivity (Wildman–Crippen MR) is 72.4 cm³/mol. The van der Waals surface area contributed by atoms with Crippen LogP contribution in [0.5, 0.6) is 0 Å². The summed E-state index contributed by atoms with van der Waals surface area (Å²) < 4.78 is 14.0. The lowest BCUT2D eigenvalue weighted by Crippen LogP contribution is -2.36. The molecule has 1 aromatic rings. The normalized spacial score (nSPS) is 20.5. The zero-order chi connectivity index (χ0) is 12.5. The molecule has 1 fully saturated rings. The van der Waals surface area contributed by atoms with Gasteiger partial charge in [0.2, 0.25) is 0 Å². The smallest absolute Gasteiger partial charge is 0.137 e. The Balaban J connectivity index is 2.00. The largest absolute Gasteiger partial charge is 0.299 e. The minimum Gasteiger partial charge on any atom is -0.299 e. The van der Waals surface area contributed by atoms with E-state index in [0.29, 0.717) is 9.89 Å². The Hall–Kier alpha value is -0.410. The SMILES string of the molecule is CC1(C)CCN(Cc2cccc(F)c2Br)CC1. The van der Waals surface area contributed by atoms with Gasteiger partial charge < -0.3 is 0 Å². The molecule has 0 spiro atoms. The third-order valence-electron chi connectivity index (χ3n) is 3.64. The number of hydrogen-bond donors (Lipinski definition) is 0. The van der Waals surface area contributed by atoms with E-state index in [9.17, 15) is 4.39 Å². The standard InChI is InChI=1S/C14H19BrFN/c1-14(2)6-8-17(9-7-14)10-11-4-3-5-12(16)13(11)15/h3-5H,6-10H2,1-2H3. The second-order valence-electron chi connectivity index (χ2n) is 5.65. The number of rotatable bonds is 2. The Labute approximate surface area is 111 Å². The number of halogens is 2. The van der Waals surface area contributed by atoms with E-state index in [-0.39, 0.29) is 5.82 Å². The number of nitrogens with zero attached hydrogens (tertiary/aromatic N) is 1. The van der Waals surface area contributed by atoms with Crippen LogP contribution < -0.4 is 0 Å². The van der Waals surface area contributed by atoms with E-state index in [4.69, 9.17) is 0 Å². The Bertz CT molecular complexity index is 393. The van der Waals surface area contributed by atoms with E-state index >= 15 is 0 Å². The van der Waals surface area contributed by atoms with Crippen molar-refractivity contribution in [3.8, 4) is 0 Å². The van der Waals surface area contributed by atoms with Crippen molar-refractivity contribution in [2.45, 2.75) is 33.2 Å². The number of likely N-dealkylation sites (tertiary alicyclic amines) is 1. The fourth-order valence-electron chi connectivity index (χ4n) is 2.23. The van der Waals surface area contributed by atoms with E-state index in [1.54, 1.807) is 6.07 Å². The summed E-state index contributed by atoms with van der Waals surface area (Å²) in [6.07, 6.45) is 2.44. The molecule has 0 aromatic heterocycles. The van der Waals surface area contributed by atoms with Gasteiger partial charge in [0.1, 0.15) is 5.82 Å². The van der Waals surface area contributed by atoms with Crippen molar-refractivity contribution in [2.24, 2.45) is 5.41 Å². The maximum atomic E-state index is 13.4. The van der Waals surface area contributed by atoms with Gasteiger partial charge in [0.25, 0.3) is 0 Å². The van der Waals surface area contributed by atoms with Gasteiger partial charge in [-0.2, -0.15) is 0 Å². The van der Waals surface area contributed by atoms with Crippen molar-refractivity contribution >= 4 is 15.9 Å². The van der Waals surface area contributed by atoms with Gasteiger partial charge >= 0.3 is 0 Å². The quantitative estimate of drug-likeness (QED) is 0.791. The van der Waals surface area contributed by atoms with Gasteiger partial charge in [0, 0.05) is 6.54 Å². The molecule has 0 atom stereocenters. The average Bonchev–Trinajstić information content (AvgIpc) is 2.27. The molecule has 0 bridgehead atoms. The molecule has 17 heavy (non-hydrogen) atoms. The highest BCUT2D eigenvalue weighted by Crippen LogP contribution is 2.31. The van der Waals surface area contributed by atoms with Gasteiger partial charge in [-0.1, -0.05) is 26.0 Å². The zero-order valence-corrected chi connectivity index (χ0v) is 12.1. The zero-order valence-electron chi connectivity index (χ0n) is 10.5. The predicted octanol–water partition coefficient (Wildman–Crippen LogP) is 4.21. The molecule has 0 unspecified atom stereocenters. The summed E-state index contributed by atoms with van der Waals surface area (Å²) in [7, 11) is 0. The highest BCUT2D eigenvalue weighted by molar-refractivity contribution is 9.10. The van der Waals surface area contributed by atoms with Crippen LogP contribution in [0.2, 0.25) is 0 Å². The van der Waals surface area contributed by atoms with Crippen LogP contribution in [0.15, 0.2) is 22.7 Å². The molecule has 1 heterocycles. The van der Waals surface area contributed by atoms with Crippen LogP contribution in [0.4, 0.5) is 4.39 Å². The monoisotopic (exact) mass is 299 g/mol. The lowest BCUT2D eigenvalue weighted by molar-refractivity contribution is 0.127. The molecule has 0 amide bonds. The molecule has 1 saturated heterocycles. The molecular weight excluding hydrogens is 281 g/mol. The maximum Gasteiger partial charge on any atom is 0.137 e. The van der Waals surface area contributed by atoms with Gasteiger partial charge in [0.15, 0.2) is 0 Å². The third-order valence-corrected chi connectivity index (χ3v) is 4.52. The van der Waals surface area contributed by atoms with Crippen molar-refractivity contribution in [3.05, 3.63) is 34.1 Å². The molecule has 1 aliphatic heterocycles. The van der Waals surface area contributed by atoms with Gasteiger partial charge in [-0.25, -0.2) is 4.39 Å². The summed E-state index contributed by atoms with van der Waals surface area (Å²) in [5, 5.41) is 0. The summed E-state index contributed by atoms with van der Waals surface area (Å²) in [6, 6.07) is 5.27. The van der Waals surface area contributed by atoms with Crippen LogP contribution in [0, 0.1) is 11.2 Å². The van der Waals surface area contributed by atoms with Gasteiger partial charge in [-0.15, -0.1) is 0 Å². The molecular formula is C14H19BrFN. The average molecular weight is 300 g/mol. The van der Waals surface area contributed by atoms with E-state index in [0.717, 1.165) is 25.2 Å². The minimum absolute atomic E-state index is 0.167. The summed E-state index contributed by atoms with van der Waals surface area (Å²) in [5.41, 5.74) is 1.51. The first-order chi connectivity index (χ1) is 7.98. The van der Waals surface area contributed by atoms with E-state index in [1.165, 1.54) is 18.9 Å². The number of hydrogen-bond acceptors (Lipinski definition) is 1. The van der Waals surface area contributed by atoms with Crippen LogP contribution in [0.3, 0.4) is 0 Å². The molecule has 0 aliphatic carbocycles. The molecule has 94 valence electrons. The van der Waals surface area contributed by atoms with Gasteiger partial charge in [-0.05, 0) is 58.9 Å². The third kappa shape index (κ3) is 3.29. The summed E-state index contributed by atoms with van der Waals surface area (Å²) in [4.78, 5) is 2.41. The fraction of sp³-hybridized carbons (Fsp3) is 0.571. The summed E-state index contributed by atoms with van der Waals surface area (Å²) >= 11 is 3.33. The Kier molecular flexibility index (Phi) is 3.88. The first-order valence-corrected chi connectivity index (χ1v) is 6.92. The van der Waals surface area contributed by atoms with Crippen molar-refractivity contribution < 1.29 is 4.39 Å². The van der Waals surface area contributed by atoms with Crippen LogP contribution in [0.1, 0.15) is 32.3 Å². The molecule has 0 saturated carbocycles. The van der Waals surface area contributed by atoms with Crippen molar-refractivity contribution in [1.82, 2.24) is 4.90 Å². The fourth-order valence-corrected chi connectivity index (χ4v) is 2.62. The van der Waals surface area contributed by atoms with E-state index < -0.39 is 0 Å². The first kappa shape index (κ1) is 13.0. The maximum absolute atomic E-state index is 13.4. The lowest BCUT2D eigenvalue weighted by Gasteiger charge is -2.37. The Morgan fingerprint density at radius 2 is 1.94 bits per heavy atom. The highest BCUT2D eigenvalue weighted by atomic mass is 79.9. The molecule has 1 aliphatic rings. The van der Waals surface area contributed by atoms with Crippen LogP contribution >= 0.6 is 15.9 Å². The molecule has 0 radical (unpaired) electrons. The second-order valence-corrected chi connectivity index (χ2v) is 6.45. The van der Waals surface area contributed by atoms with Gasteiger partial charge in [-0.3, -0.25) is 4.90 Å². The second kappa shape index (κ2) is 5.07. The number of piperidine rings is 1. The molecule has 1 aromatic carbocycles. The van der Waals surface area contributed by atoms with E-state index in [1.807, 2.05) is 6.07 Å². The molecule has 3 heteroatoms. The molecule has 1 nitrogen and oxygen atoms in total. The molecule has 2 rings (SSSR count). The minimum atomic E-state index is -0.167. The summed E-state index contributed by atoms with van der Waals surface area (Å²) in [5.74, 6) is -0.167. The first-order valence-electron chi connectivity index (χ1n) is 6.13. The Morgan fingerprint density at radius 1 is 1.29 bits per heavy atom. The topological polar surface area (TPSA) is 3.24 Å². The van der Waals surface area contributed by atoms with Crippen LogP contribution in [0.25, 0.3) is 0 Å². The molecule has 0 N–H and O–H groups in total. The highest BCUT2D eigenvalue weighted by Gasteiger charge is 2.25. The van der Waals surface area contributed by atoms with Crippen molar-refractivity contribution in [1.29, 1.82) is 0 Å². The van der Waals surface area contributed by atoms with Gasteiger partial charge in [0.05, 0.1) is 4.47 Å². The van der Waals surface area contributed by atoms with E-state index in [2.05, 4.69) is 34.7 Å².